The molecule has 4 nitrogen and oxygen atoms in total. The van der Waals surface area contributed by atoms with Crippen LogP contribution in [0, 0.1) is 5.92 Å². The Hall–Kier alpha value is -1.10. The Morgan fingerprint density at radius 3 is 3.05 bits per heavy atom. The molecule has 1 aliphatic rings. The van der Waals surface area contributed by atoms with Crippen LogP contribution in [0.1, 0.15) is 43.5 Å². The number of anilines is 1. The van der Waals surface area contributed by atoms with Crippen LogP contribution in [0.2, 0.25) is 0 Å². The summed E-state index contributed by atoms with van der Waals surface area (Å²) < 4.78 is 0.839. The zero-order valence-corrected chi connectivity index (χ0v) is 13.7. The quantitative estimate of drug-likeness (QED) is 0.912. The number of halogens is 1. The van der Waals surface area contributed by atoms with E-state index in [9.17, 15) is 4.79 Å². The number of hydrogen-bond acceptors (Lipinski definition) is 3. The van der Waals surface area contributed by atoms with Crippen molar-refractivity contribution in [3.8, 4) is 0 Å². The van der Waals surface area contributed by atoms with Gasteiger partial charge in [-0.3, -0.25) is 4.79 Å². The summed E-state index contributed by atoms with van der Waals surface area (Å²) in [5.74, 6) is 1.41. The summed E-state index contributed by atoms with van der Waals surface area (Å²) >= 11 is 3.40. The Labute approximate surface area is 129 Å². The van der Waals surface area contributed by atoms with E-state index in [4.69, 9.17) is 0 Å². The van der Waals surface area contributed by atoms with Crippen LogP contribution in [0.3, 0.4) is 0 Å². The van der Waals surface area contributed by atoms with Gasteiger partial charge in [-0.15, -0.1) is 0 Å². The summed E-state index contributed by atoms with van der Waals surface area (Å²) in [6.07, 6.45) is 5.19. The number of nitrogens with zero attached hydrogens (tertiary/aromatic N) is 2. The third-order valence-corrected chi connectivity index (χ3v) is 4.25. The summed E-state index contributed by atoms with van der Waals surface area (Å²) in [6, 6.07) is 1.86. The molecular formula is C15H22BrN3O. The molecule has 0 radical (unpaired) electrons. The number of pyridine rings is 1. The van der Waals surface area contributed by atoms with Crippen LogP contribution in [0.5, 0.6) is 0 Å². The Morgan fingerprint density at radius 1 is 1.55 bits per heavy atom. The van der Waals surface area contributed by atoms with Crippen molar-refractivity contribution >= 4 is 27.7 Å². The van der Waals surface area contributed by atoms with Gasteiger partial charge in [0, 0.05) is 30.3 Å². The maximum atomic E-state index is 12.7. The van der Waals surface area contributed by atoms with Crippen molar-refractivity contribution < 1.29 is 4.79 Å². The molecule has 1 fully saturated rings. The van der Waals surface area contributed by atoms with E-state index in [1.54, 1.807) is 6.20 Å². The van der Waals surface area contributed by atoms with E-state index in [-0.39, 0.29) is 5.91 Å². The number of carbonyl (C=O) groups excluding carboxylic acids is 1. The normalized spacial score (nSPS) is 18.9. The molecule has 0 saturated carbocycles. The number of amides is 1. The van der Waals surface area contributed by atoms with E-state index >= 15 is 0 Å². The standard InChI is InChI=1S/C15H22BrN3O/c1-3-11-6-5-7-19(10-11)15(20)13-8-12(16)9-18-14(13)17-4-2/h8-9,11H,3-7,10H2,1-2H3,(H,17,18). The molecule has 1 amide bonds. The summed E-state index contributed by atoms with van der Waals surface area (Å²) in [5.41, 5.74) is 0.665. The van der Waals surface area contributed by atoms with Crippen LogP contribution < -0.4 is 5.32 Å². The fraction of sp³-hybridized carbons (Fsp3) is 0.600. The zero-order chi connectivity index (χ0) is 14.5. The van der Waals surface area contributed by atoms with E-state index in [0.717, 1.165) is 36.9 Å². The van der Waals surface area contributed by atoms with Crippen LogP contribution in [-0.2, 0) is 0 Å². The van der Waals surface area contributed by atoms with Gasteiger partial charge in [0.2, 0.25) is 0 Å². The third kappa shape index (κ3) is 3.51. The Balaban J connectivity index is 2.21. The molecule has 0 aliphatic carbocycles. The van der Waals surface area contributed by atoms with Gasteiger partial charge in [-0.2, -0.15) is 0 Å². The van der Waals surface area contributed by atoms with Crippen molar-refractivity contribution in [2.45, 2.75) is 33.1 Å². The molecule has 1 saturated heterocycles. The number of nitrogens with one attached hydrogen (secondary N) is 1. The minimum atomic E-state index is 0.0906. The minimum Gasteiger partial charge on any atom is -0.370 e. The lowest BCUT2D eigenvalue weighted by atomic mass is 9.95. The number of rotatable bonds is 4. The molecule has 1 atom stereocenters. The molecule has 1 aromatic heterocycles. The van der Waals surface area contributed by atoms with Crippen molar-refractivity contribution in [1.82, 2.24) is 9.88 Å². The molecule has 5 heteroatoms. The molecule has 1 N–H and O–H groups in total. The summed E-state index contributed by atoms with van der Waals surface area (Å²) in [4.78, 5) is 19.0. The average Bonchev–Trinajstić information content (AvgIpc) is 2.48. The summed E-state index contributed by atoms with van der Waals surface area (Å²) in [7, 11) is 0. The van der Waals surface area contributed by atoms with Gasteiger partial charge in [0.05, 0.1) is 5.56 Å². The first-order valence-electron chi connectivity index (χ1n) is 7.34. The maximum absolute atomic E-state index is 12.7. The average molecular weight is 340 g/mol. The summed E-state index contributed by atoms with van der Waals surface area (Å²) in [6.45, 7) is 6.68. The van der Waals surface area contributed by atoms with Crippen LogP contribution in [0.4, 0.5) is 5.82 Å². The number of hydrogen-bond donors (Lipinski definition) is 1. The van der Waals surface area contributed by atoms with Gasteiger partial charge in [-0.05, 0) is 47.7 Å². The molecule has 0 bridgehead atoms. The van der Waals surface area contributed by atoms with Gasteiger partial charge in [0.25, 0.3) is 5.91 Å². The fourth-order valence-electron chi connectivity index (χ4n) is 2.66. The van der Waals surface area contributed by atoms with E-state index < -0.39 is 0 Å². The SMILES string of the molecule is CCNc1ncc(Br)cc1C(=O)N1CCCC(CC)C1. The lowest BCUT2D eigenvalue weighted by Gasteiger charge is -2.32. The second-order valence-electron chi connectivity index (χ2n) is 5.25. The number of piperidine rings is 1. The molecule has 1 unspecified atom stereocenters. The number of carbonyl (C=O) groups is 1. The van der Waals surface area contributed by atoms with Gasteiger partial charge >= 0.3 is 0 Å². The van der Waals surface area contributed by atoms with Crippen LogP contribution in [0.15, 0.2) is 16.7 Å². The molecule has 20 heavy (non-hydrogen) atoms. The highest BCUT2D eigenvalue weighted by molar-refractivity contribution is 9.10. The molecule has 1 aromatic rings. The smallest absolute Gasteiger partial charge is 0.257 e. The van der Waals surface area contributed by atoms with E-state index in [0.29, 0.717) is 17.3 Å². The molecular weight excluding hydrogens is 318 g/mol. The van der Waals surface area contributed by atoms with E-state index in [1.807, 2.05) is 17.9 Å². The van der Waals surface area contributed by atoms with Crippen LogP contribution >= 0.6 is 15.9 Å². The molecule has 2 rings (SSSR count). The van der Waals surface area contributed by atoms with Gasteiger partial charge in [-0.25, -0.2) is 4.98 Å². The first-order valence-corrected chi connectivity index (χ1v) is 8.13. The number of aromatic nitrogens is 1. The maximum Gasteiger partial charge on any atom is 0.257 e. The largest absolute Gasteiger partial charge is 0.370 e. The highest BCUT2D eigenvalue weighted by Crippen LogP contribution is 2.24. The Morgan fingerprint density at radius 2 is 2.35 bits per heavy atom. The highest BCUT2D eigenvalue weighted by atomic mass is 79.9. The molecule has 1 aliphatic heterocycles. The van der Waals surface area contributed by atoms with Gasteiger partial charge < -0.3 is 10.2 Å². The summed E-state index contributed by atoms with van der Waals surface area (Å²) in [5, 5.41) is 3.17. The van der Waals surface area contributed by atoms with Crippen LogP contribution in [0.25, 0.3) is 0 Å². The van der Waals surface area contributed by atoms with Crippen molar-refractivity contribution in [3.63, 3.8) is 0 Å². The first-order chi connectivity index (χ1) is 9.65. The van der Waals surface area contributed by atoms with E-state index in [1.165, 1.54) is 6.42 Å². The predicted octanol–water partition coefficient (Wildman–Crippen LogP) is 3.54. The lowest BCUT2D eigenvalue weighted by molar-refractivity contribution is 0.0672. The van der Waals surface area contributed by atoms with Crippen LogP contribution in [-0.4, -0.2) is 35.4 Å². The highest BCUT2D eigenvalue weighted by Gasteiger charge is 2.25. The predicted molar refractivity (Wildman–Crippen MR) is 85.0 cm³/mol. The Kier molecular flexibility index (Phi) is 5.40. The zero-order valence-electron chi connectivity index (χ0n) is 12.2. The second-order valence-corrected chi connectivity index (χ2v) is 6.16. The van der Waals surface area contributed by atoms with Crippen molar-refractivity contribution in [1.29, 1.82) is 0 Å². The van der Waals surface area contributed by atoms with Gasteiger partial charge in [0.1, 0.15) is 5.82 Å². The van der Waals surface area contributed by atoms with E-state index in [2.05, 4.69) is 33.2 Å². The molecule has 2 heterocycles. The van der Waals surface area contributed by atoms with Gasteiger partial charge in [-0.1, -0.05) is 13.3 Å². The lowest BCUT2D eigenvalue weighted by Crippen LogP contribution is -2.40. The van der Waals surface area contributed by atoms with Gasteiger partial charge in [0.15, 0.2) is 0 Å². The minimum absolute atomic E-state index is 0.0906. The van der Waals surface area contributed by atoms with Crippen molar-refractivity contribution in [3.05, 3.63) is 22.3 Å². The number of likely N-dealkylation sites (tertiary alicyclic amines) is 1. The molecule has 110 valence electrons. The topological polar surface area (TPSA) is 45.2 Å². The van der Waals surface area contributed by atoms with Crippen molar-refractivity contribution in [2.75, 3.05) is 25.0 Å². The monoisotopic (exact) mass is 339 g/mol. The molecule has 0 spiro atoms. The second kappa shape index (κ2) is 7.07. The van der Waals surface area contributed by atoms with Crippen molar-refractivity contribution in [2.24, 2.45) is 5.92 Å². The third-order valence-electron chi connectivity index (χ3n) is 3.81. The first kappa shape index (κ1) is 15.3. The molecule has 0 aromatic carbocycles. The fourth-order valence-corrected chi connectivity index (χ4v) is 3.00. The Bertz CT molecular complexity index is 478.